The van der Waals surface area contributed by atoms with E-state index in [0.717, 1.165) is 5.92 Å². The van der Waals surface area contributed by atoms with Gasteiger partial charge in [0.25, 0.3) is 0 Å². The molecule has 34 valence electrons. The summed E-state index contributed by atoms with van der Waals surface area (Å²) in [6.07, 6.45) is 1.22. The van der Waals surface area contributed by atoms with Gasteiger partial charge in [-0.2, -0.15) is 0 Å². The standard InChI is InChI=1S/C4H11P.Li.H/c1-4(2)3-5;;/h4H,3,5H2,1-2H3;;/q;+1;-1. The minimum atomic E-state index is 0. The van der Waals surface area contributed by atoms with Crippen LogP contribution in [0.3, 0.4) is 0 Å². The summed E-state index contributed by atoms with van der Waals surface area (Å²) in [6, 6.07) is 0. The van der Waals surface area contributed by atoms with E-state index in [-0.39, 0.29) is 20.3 Å². The van der Waals surface area contributed by atoms with Gasteiger partial charge in [0, 0.05) is 0 Å². The van der Waals surface area contributed by atoms with E-state index < -0.39 is 0 Å². The van der Waals surface area contributed by atoms with E-state index in [9.17, 15) is 0 Å². The summed E-state index contributed by atoms with van der Waals surface area (Å²) < 4.78 is 0. The van der Waals surface area contributed by atoms with E-state index in [4.69, 9.17) is 0 Å². The van der Waals surface area contributed by atoms with Crippen molar-refractivity contribution in [1.29, 1.82) is 0 Å². The molecule has 0 fully saturated rings. The summed E-state index contributed by atoms with van der Waals surface area (Å²) in [7, 11) is 2.69. The predicted molar refractivity (Wildman–Crippen MR) is 30.5 cm³/mol. The fraction of sp³-hybridized carbons (Fsp3) is 1.00. The summed E-state index contributed by atoms with van der Waals surface area (Å²) in [6.45, 7) is 4.40. The van der Waals surface area contributed by atoms with Crippen LogP contribution in [0.25, 0.3) is 0 Å². The molecule has 0 heterocycles. The Morgan fingerprint density at radius 3 is 1.83 bits per heavy atom. The normalized spacial score (nSPS) is 8.00. The van der Waals surface area contributed by atoms with Gasteiger partial charge in [-0.15, -0.1) is 9.24 Å². The molecule has 6 heavy (non-hydrogen) atoms. The third-order valence-corrected chi connectivity index (χ3v) is 1.41. The number of hydrogen-bond donors (Lipinski definition) is 0. The average Bonchev–Trinajstić information content (AvgIpc) is 1.38. The van der Waals surface area contributed by atoms with Crippen LogP contribution in [-0.4, -0.2) is 6.16 Å². The molecule has 0 saturated heterocycles. The molecule has 0 amide bonds. The van der Waals surface area contributed by atoms with Crippen molar-refractivity contribution in [3.63, 3.8) is 0 Å². The van der Waals surface area contributed by atoms with E-state index >= 15 is 0 Å². The zero-order valence-corrected chi connectivity index (χ0v) is 6.02. The first kappa shape index (κ1) is 10.1. The Hall–Kier alpha value is 1.03. The zero-order chi connectivity index (χ0) is 4.28. The third kappa shape index (κ3) is 8.90. The first-order chi connectivity index (χ1) is 2.27. The van der Waals surface area contributed by atoms with Gasteiger partial charge in [-0.25, -0.2) is 0 Å². The van der Waals surface area contributed by atoms with Crippen LogP contribution < -0.4 is 18.9 Å². The maximum Gasteiger partial charge on any atom is 1.00 e. The molecule has 0 radical (unpaired) electrons. The molecule has 0 N–H and O–H groups in total. The van der Waals surface area contributed by atoms with Crippen molar-refractivity contribution in [3.8, 4) is 0 Å². The maximum absolute atomic E-state index is 2.69. The largest absolute Gasteiger partial charge is 1.00 e. The molecule has 0 rings (SSSR count). The van der Waals surface area contributed by atoms with Gasteiger partial charge >= 0.3 is 18.9 Å². The van der Waals surface area contributed by atoms with Crippen molar-refractivity contribution in [3.05, 3.63) is 0 Å². The second-order valence-electron chi connectivity index (χ2n) is 1.63. The van der Waals surface area contributed by atoms with E-state index in [1.54, 1.807) is 0 Å². The SMILES string of the molecule is CC(C)CP.[H-].[Li+]. The van der Waals surface area contributed by atoms with Crippen molar-refractivity contribution in [2.24, 2.45) is 5.92 Å². The molecule has 0 bridgehead atoms. The monoisotopic (exact) mass is 98.1 g/mol. The molecule has 1 atom stereocenters. The molecule has 0 aromatic heterocycles. The molecule has 0 spiro atoms. The first-order valence-electron chi connectivity index (χ1n) is 1.97. The van der Waals surface area contributed by atoms with Crippen molar-refractivity contribution >= 4 is 9.24 Å². The Labute approximate surface area is 55.9 Å². The van der Waals surface area contributed by atoms with Crippen LogP contribution in [0.15, 0.2) is 0 Å². The first-order valence-corrected chi connectivity index (χ1v) is 2.79. The minimum absolute atomic E-state index is 0. The van der Waals surface area contributed by atoms with Crippen LogP contribution in [0.5, 0.6) is 0 Å². The van der Waals surface area contributed by atoms with Gasteiger partial charge in [0.2, 0.25) is 0 Å². The topological polar surface area (TPSA) is 0 Å². The van der Waals surface area contributed by atoms with Gasteiger partial charge in [-0.05, 0) is 12.1 Å². The summed E-state index contributed by atoms with van der Waals surface area (Å²) in [5, 5.41) is 0. The average molecular weight is 98.1 g/mol. The van der Waals surface area contributed by atoms with Crippen LogP contribution in [0.4, 0.5) is 0 Å². The zero-order valence-electron chi connectivity index (χ0n) is 5.86. The summed E-state index contributed by atoms with van der Waals surface area (Å²) >= 11 is 0. The molecule has 0 aromatic carbocycles. The summed E-state index contributed by atoms with van der Waals surface area (Å²) in [5.41, 5.74) is 0. The molecule has 1 unspecified atom stereocenters. The van der Waals surface area contributed by atoms with E-state index in [0.29, 0.717) is 0 Å². The quantitative estimate of drug-likeness (QED) is 0.280. The molecule has 0 nitrogen and oxygen atoms in total. The van der Waals surface area contributed by atoms with Crippen molar-refractivity contribution in [2.45, 2.75) is 13.8 Å². The molecule has 0 aliphatic rings. The van der Waals surface area contributed by atoms with Crippen LogP contribution in [0, 0.1) is 5.92 Å². The van der Waals surface area contributed by atoms with Crippen molar-refractivity contribution in [2.75, 3.05) is 6.16 Å². The Morgan fingerprint density at radius 2 is 1.83 bits per heavy atom. The fourth-order valence-corrected chi connectivity index (χ4v) is 0. The second kappa shape index (κ2) is 6.03. The van der Waals surface area contributed by atoms with Gasteiger partial charge in [0.05, 0.1) is 0 Å². The number of rotatable bonds is 1. The summed E-state index contributed by atoms with van der Waals surface area (Å²) in [5.74, 6) is 0.847. The van der Waals surface area contributed by atoms with Crippen molar-refractivity contribution in [1.82, 2.24) is 0 Å². The Balaban J connectivity index is -0.0000000800. The molecule has 0 aliphatic carbocycles. The maximum atomic E-state index is 2.69. The second-order valence-corrected chi connectivity index (χ2v) is 2.10. The van der Waals surface area contributed by atoms with E-state index in [2.05, 4.69) is 23.1 Å². The van der Waals surface area contributed by atoms with E-state index in [1.165, 1.54) is 6.16 Å². The van der Waals surface area contributed by atoms with Crippen molar-refractivity contribution < 1.29 is 20.3 Å². The van der Waals surface area contributed by atoms with Crippen LogP contribution in [0.2, 0.25) is 0 Å². The van der Waals surface area contributed by atoms with Gasteiger partial charge in [-0.3, -0.25) is 0 Å². The van der Waals surface area contributed by atoms with Crippen LogP contribution >= 0.6 is 9.24 Å². The third-order valence-electron chi connectivity index (χ3n) is 0.471. The fourth-order valence-electron chi connectivity index (χ4n) is 0. The smallest absolute Gasteiger partial charge is 1.00 e. The molecular weight excluding hydrogens is 86.0 g/mol. The van der Waals surface area contributed by atoms with Gasteiger partial charge in [0.15, 0.2) is 0 Å². The molecule has 2 heteroatoms. The van der Waals surface area contributed by atoms with E-state index in [1.807, 2.05) is 0 Å². The van der Waals surface area contributed by atoms with Gasteiger partial charge in [0.1, 0.15) is 0 Å². The number of hydrogen-bond acceptors (Lipinski definition) is 0. The molecule has 0 aromatic rings. The Bertz CT molecular complexity index is 25.7. The van der Waals surface area contributed by atoms with Crippen LogP contribution in [0.1, 0.15) is 15.3 Å². The minimum Gasteiger partial charge on any atom is -1.00 e. The Kier molecular flexibility index (Phi) is 10.1. The molecule has 0 aliphatic heterocycles. The van der Waals surface area contributed by atoms with Gasteiger partial charge in [-0.1, -0.05) is 13.8 Å². The Morgan fingerprint density at radius 1 is 1.67 bits per heavy atom. The summed E-state index contributed by atoms with van der Waals surface area (Å²) in [4.78, 5) is 0. The van der Waals surface area contributed by atoms with Crippen LogP contribution in [-0.2, 0) is 0 Å². The molecular formula is C4H12LiP. The predicted octanol–water partition coefficient (Wildman–Crippen LogP) is -1.37. The van der Waals surface area contributed by atoms with Gasteiger partial charge < -0.3 is 1.43 Å². The molecule has 0 saturated carbocycles.